The molecule has 2 aliphatic rings. The third kappa shape index (κ3) is 2.98. The molecule has 1 aliphatic heterocycles. The molecule has 2 nitrogen and oxygen atoms in total. The van der Waals surface area contributed by atoms with E-state index in [0.717, 1.165) is 12.5 Å². The first-order valence-electron chi connectivity index (χ1n) is 7.06. The molecular formula is C14H28N2. The van der Waals surface area contributed by atoms with Gasteiger partial charge in [-0.1, -0.05) is 33.1 Å². The molecule has 2 N–H and O–H groups in total. The molecule has 0 bridgehead atoms. The maximum absolute atomic E-state index is 6.27. The van der Waals surface area contributed by atoms with Gasteiger partial charge < -0.3 is 10.6 Å². The minimum Gasteiger partial charge on any atom is -0.326 e. The Morgan fingerprint density at radius 3 is 2.50 bits per heavy atom. The Hall–Kier alpha value is -0.0800. The third-order valence-electron chi connectivity index (χ3n) is 4.77. The lowest BCUT2D eigenvalue weighted by molar-refractivity contribution is 0.0867. The minimum absolute atomic E-state index is 0.350. The van der Waals surface area contributed by atoms with E-state index in [-0.39, 0.29) is 0 Å². The average Bonchev–Trinajstić information content (AvgIpc) is 2.26. The zero-order valence-corrected chi connectivity index (χ0v) is 11.0. The van der Waals surface area contributed by atoms with E-state index in [9.17, 15) is 0 Å². The number of piperidine rings is 1. The van der Waals surface area contributed by atoms with Crippen LogP contribution in [0.1, 0.15) is 52.4 Å². The first kappa shape index (κ1) is 12.4. The van der Waals surface area contributed by atoms with Crippen LogP contribution in [0.5, 0.6) is 0 Å². The summed E-state index contributed by atoms with van der Waals surface area (Å²) in [4.78, 5) is 2.62. The van der Waals surface area contributed by atoms with Gasteiger partial charge in [0.2, 0.25) is 0 Å². The van der Waals surface area contributed by atoms with Crippen molar-refractivity contribution in [2.45, 2.75) is 58.4 Å². The van der Waals surface area contributed by atoms with E-state index in [1.807, 2.05) is 0 Å². The van der Waals surface area contributed by atoms with E-state index in [1.54, 1.807) is 0 Å². The standard InChI is InChI=1S/C14H28N2/c1-14(2)8-9-16(11-13(14)15)10-12-6-4-3-5-7-12/h12-13H,3-11,15H2,1-2H3. The summed E-state index contributed by atoms with van der Waals surface area (Å²) in [5, 5.41) is 0. The van der Waals surface area contributed by atoms with Crippen LogP contribution in [0.3, 0.4) is 0 Å². The summed E-state index contributed by atoms with van der Waals surface area (Å²) in [5.74, 6) is 0.960. The molecule has 2 rings (SSSR count). The summed E-state index contributed by atoms with van der Waals surface area (Å²) in [6.07, 6.45) is 8.54. The highest BCUT2D eigenvalue weighted by Gasteiger charge is 2.33. The van der Waals surface area contributed by atoms with E-state index in [2.05, 4.69) is 18.7 Å². The number of rotatable bonds is 2. The summed E-state index contributed by atoms with van der Waals surface area (Å²) < 4.78 is 0. The second kappa shape index (κ2) is 5.05. The molecule has 0 aromatic carbocycles. The molecule has 0 radical (unpaired) electrons. The van der Waals surface area contributed by atoms with Gasteiger partial charge in [-0.15, -0.1) is 0 Å². The highest BCUT2D eigenvalue weighted by molar-refractivity contribution is 4.90. The summed E-state index contributed by atoms with van der Waals surface area (Å²) >= 11 is 0. The largest absolute Gasteiger partial charge is 0.326 e. The Bertz CT molecular complexity index is 219. The Kier molecular flexibility index (Phi) is 3.91. The molecule has 94 valence electrons. The van der Waals surface area contributed by atoms with Gasteiger partial charge in [-0.05, 0) is 37.1 Å². The fourth-order valence-electron chi connectivity index (χ4n) is 3.15. The molecule has 1 atom stereocenters. The van der Waals surface area contributed by atoms with Crippen molar-refractivity contribution in [3.63, 3.8) is 0 Å². The molecule has 16 heavy (non-hydrogen) atoms. The zero-order valence-electron chi connectivity index (χ0n) is 11.0. The summed E-state index contributed by atoms with van der Waals surface area (Å²) in [7, 11) is 0. The lowest BCUT2D eigenvalue weighted by Crippen LogP contribution is -2.53. The monoisotopic (exact) mass is 224 g/mol. The molecule has 2 heteroatoms. The summed E-state index contributed by atoms with van der Waals surface area (Å²) in [6.45, 7) is 8.32. The number of nitrogens with zero attached hydrogens (tertiary/aromatic N) is 1. The van der Waals surface area contributed by atoms with Crippen LogP contribution in [0.4, 0.5) is 0 Å². The second-order valence-electron chi connectivity index (χ2n) is 6.61. The van der Waals surface area contributed by atoms with Gasteiger partial charge in [-0.3, -0.25) is 0 Å². The lowest BCUT2D eigenvalue weighted by atomic mass is 9.78. The van der Waals surface area contributed by atoms with E-state index in [0.29, 0.717) is 11.5 Å². The molecule has 1 heterocycles. The number of hydrogen-bond donors (Lipinski definition) is 1. The maximum atomic E-state index is 6.27. The van der Waals surface area contributed by atoms with Crippen LogP contribution in [-0.4, -0.2) is 30.6 Å². The van der Waals surface area contributed by atoms with Crippen LogP contribution >= 0.6 is 0 Å². The highest BCUT2D eigenvalue weighted by atomic mass is 15.2. The van der Waals surface area contributed by atoms with Gasteiger partial charge in [0, 0.05) is 19.1 Å². The highest BCUT2D eigenvalue weighted by Crippen LogP contribution is 2.31. The fraction of sp³-hybridized carbons (Fsp3) is 1.00. The van der Waals surface area contributed by atoms with E-state index in [1.165, 1.54) is 51.6 Å². The molecule has 0 aromatic heterocycles. The fourth-order valence-corrected chi connectivity index (χ4v) is 3.15. The predicted octanol–water partition coefficient (Wildman–Crippen LogP) is 2.63. The average molecular weight is 224 g/mol. The van der Waals surface area contributed by atoms with Gasteiger partial charge >= 0.3 is 0 Å². The van der Waals surface area contributed by atoms with Gasteiger partial charge in [0.05, 0.1) is 0 Å². The summed E-state index contributed by atoms with van der Waals surface area (Å²) in [5.41, 5.74) is 6.62. The molecule has 1 saturated carbocycles. The molecule has 1 aliphatic carbocycles. The Morgan fingerprint density at radius 1 is 1.19 bits per heavy atom. The maximum Gasteiger partial charge on any atom is 0.0220 e. The van der Waals surface area contributed by atoms with Gasteiger partial charge in [-0.25, -0.2) is 0 Å². The van der Waals surface area contributed by atoms with Crippen molar-refractivity contribution in [3.8, 4) is 0 Å². The van der Waals surface area contributed by atoms with Crippen molar-refractivity contribution in [2.24, 2.45) is 17.1 Å². The molecule has 0 amide bonds. The molecule has 0 spiro atoms. The van der Waals surface area contributed by atoms with Gasteiger partial charge in [0.1, 0.15) is 0 Å². The van der Waals surface area contributed by atoms with Crippen LogP contribution in [0, 0.1) is 11.3 Å². The Morgan fingerprint density at radius 2 is 1.88 bits per heavy atom. The van der Waals surface area contributed by atoms with Gasteiger partial charge in [0.15, 0.2) is 0 Å². The number of nitrogens with two attached hydrogens (primary N) is 1. The van der Waals surface area contributed by atoms with Crippen molar-refractivity contribution in [1.82, 2.24) is 4.90 Å². The van der Waals surface area contributed by atoms with Crippen LogP contribution in [0.2, 0.25) is 0 Å². The quantitative estimate of drug-likeness (QED) is 0.781. The van der Waals surface area contributed by atoms with Gasteiger partial charge in [-0.2, -0.15) is 0 Å². The van der Waals surface area contributed by atoms with Crippen LogP contribution in [-0.2, 0) is 0 Å². The first-order chi connectivity index (χ1) is 7.58. The van der Waals surface area contributed by atoms with E-state index >= 15 is 0 Å². The second-order valence-corrected chi connectivity index (χ2v) is 6.61. The smallest absolute Gasteiger partial charge is 0.0220 e. The van der Waals surface area contributed by atoms with Crippen molar-refractivity contribution >= 4 is 0 Å². The third-order valence-corrected chi connectivity index (χ3v) is 4.77. The predicted molar refractivity (Wildman–Crippen MR) is 69.4 cm³/mol. The zero-order chi connectivity index (χ0) is 11.6. The molecular weight excluding hydrogens is 196 g/mol. The van der Waals surface area contributed by atoms with Crippen LogP contribution in [0.25, 0.3) is 0 Å². The first-order valence-corrected chi connectivity index (χ1v) is 7.06. The van der Waals surface area contributed by atoms with Crippen molar-refractivity contribution < 1.29 is 0 Å². The SMILES string of the molecule is CC1(C)CCN(CC2CCCCC2)CC1N. The normalized spacial score (nSPS) is 32.8. The van der Waals surface area contributed by atoms with Gasteiger partial charge in [0.25, 0.3) is 0 Å². The number of likely N-dealkylation sites (tertiary alicyclic amines) is 1. The van der Waals surface area contributed by atoms with E-state index < -0.39 is 0 Å². The molecule has 2 fully saturated rings. The topological polar surface area (TPSA) is 29.3 Å². The van der Waals surface area contributed by atoms with Crippen LogP contribution < -0.4 is 5.73 Å². The summed E-state index contributed by atoms with van der Waals surface area (Å²) in [6, 6.07) is 0.366. The van der Waals surface area contributed by atoms with Crippen molar-refractivity contribution in [2.75, 3.05) is 19.6 Å². The Labute approximate surface area is 101 Å². The lowest BCUT2D eigenvalue weighted by Gasteiger charge is -2.43. The molecule has 0 aromatic rings. The van der Waals surface area contributed by atoms with E-state index in [4.69, 9.17) is 5.73 Å². The van der Waals surface area contributed by atoms with Crippen LogP contribution in [0.15, 0.2) is 0 Å². The Balaban J connectivity index is 1.79. The minimum atomic E-state index is 0.350. The van der Waals surface area contributed by atoms with Crippen molar-refractivity contribution in [3.05, 3.63) is 0 Å². The molecule has 1 saturated heterocycles. The number of hydrogen-bond acceptors (Lipinski definition) is 2. The van der Waals surface area contributed by atoms with Crippen molar-refractivity contribution in [1.29, 1.82) is 0 Å². The molecule has 1 unspecified atom stereocenters.